The van der Waals surface area contributed by atoms with Crippen LogP contribution in [-0.2, 0) is 25.7 Å². The second-order valence-electron chi connectivity index (χ2n) is 11.5. The summed E-state index contributed by atoms with van der Waals surface area (Å²) >= 11 is 0. The molecule has 42 heavy (non-hydrogen) atoms. The fourth-order valence-corrected chi connectivity index (χ4v) is 6.60. The largest absolute Gasteiger partial charge is 0.305 e. The predicted octanol–water partition coefficient (Wildman–Crippen LogP) is 7.09. The maximum Gasteiger partial charge on any atom is 0.205 e. The average molecular weight is 554 g/mol. The summed E-state index contributed by atoms with van der Waals surface area (Å²) in [7, 11) is 0. The molecule has 3 aromatic heterocycles. The van der Waals surface area contributed by atoms with Crippen LogP contribution in [0.2, 0.25) is 0 Å². The minimum atomic E-state index is 0.225. The predicted molar refractivity (Wildman–Crippen MR) is 166 cm³/mol. The van der Waals surface area contributed by atoms with Crippen molar-refractivity contribution in [2.24, 2.45) is 0 Å². The molecule has 0 fully saturated rings. The van der Waals surface area contributed by atoms with Gasteiger partial charge in [0.05, 0.1) is 6.04 Å². The van der Waals surface area contributed by atoms with E-state index in [9.17, 15) is 0 Å². The molecule has 3 heterocycles. The number of rotatable bonds is 7. The molecule has 0 saturated heterocycles. The summed E-state index contributed by atoms with van der Waals surface area (Å²) in [4.78, 5) is 10.4. The first kappa shape index (κ1) is 26.3. The van der Waals surface area contributed by atoms with E-state index in [0.717, 1.165) is 65.9 Å². The summed E-state index contributed by atoms with van der Waals surface area (Å²) in [5.74, 6) is 1.72. The van der Waals surface area contributed by atoms with Crippen LogP contribution in [0.5, 0.6) is 0 Å². The van der Waals surface area contributed by atoms with E-state index in [4.69, 9.17) is 9.97 Å². The third kappa shape index (κ3) is 4.59. The first-order valence-electron chi connectivity index (χ1n) is 14.9. The molecule has 1 N–H and O–H groups in total. The fourth-order valence-electron chi connectivity index (χ4n) is 6.60. The number of aromatic nitrogens is 7. The lowest BCUT2D eigenvalue weighted by Crippen LogP contribution is -2.12. The highest BCUT2D eigenvalue weighted by atomic mass is 15.5. The highest BCUT2D eigenvalue weighted by molar-refractivity contribution is 5.81. The molecule has 7 heteroatoms. The van der Waals surface area contributed by atoms with E-state index in [1.807, 2.05) is 12.1 Å². The van der Waals surface area contributed by atoms with Gasteiger partial charge < -0.3 is 4.57 Å². The first-order valence-corrected chi connectivity index (χ1v) is 14.9. The third-order valence-electron chi connectivity index (χ3n) is 8.76. The molecule has 1 atom stereocenters. The van der Waals surface area contributed by atoms with Gasteiger partial charge in [-0.2, -0.15) is 5.21 Å². The maximum atomic E-state index is 5.27. The van der Waals surface area contributed by atoms with Gasteiger partial charge in [0.15, 0.2) is 5.65 Å². The molecule has 3 aromatic carbocycles. The van der Waals surface area contributed by atoms with Crippen molar-refractivity contribution >= 4 is 11.2 Å². The molecule has 1 aliphatic carbocycles. The molecule has 0 aliphatic heterocycles. The van der Waals surface area contributed by atoms with Gasteiger partial charge in [-0.1, -0.05) is 73.2 Å². The van der Waals surface area contributed by atoms with Crippen LogP contribution in [0.25, 0.3) is 33.7 Å². The fraction of sp³-hybridized carbons (Fsp3) is 0.286. The van der Waals surface area contributed by atoms with Gasteiger partial charge in [0.25, 0.3) is 0 Å². The number of H-pyrrole nitrogens is 1. The van der Waals surface area contributed by atoms with Crippen molar-refractivity contribution in [2.45, 2.75) is 65.8 Å². The highest BCUT2D eigenvalue weighted by Gasteiger charge is 2.29. The number of fused-ring (bicyclic) bond motifs is 2. The molecular formula is C35H35N7. The third-order valence-corrected chi connectivity index (χ3v) is 8.76. The Morgan fingerprint density at radius 1 is 0.881 bits per heavy atom. The van der Waals surface area contributed by atoms with Gasteiger partial charge in [-0.05, 0) is 96.7 Å². The Hall–Kier alpha value is -4.65. The second kappa shape index (κ2) is 10.6. The van der Waals surface area contributed by atoms with Crippen LogP contribution < -0.4 is 0 Å². The van der Waals surface area contributed by atoms with E-state index in [2.05, 4.69) is 107 Å². The Kier molecular flexibility index (Phi) is 6.65. The normalized spacial score (nSPS) is 14.5. The Balaban J connectivity index is 1.25. The van der Waals surface area contributed by atoms with Gasteiger partial charge in [0.1, 0.15) is 11.3 Å². The molecule has 0 spiro atoms. The van der Waals surface area contributed by atoms with E-state index in [1.54, 1.807) is 0 Å². The Bertz CT molecular complexity index is 1920. The number of tetrazole rings is 1. The minimum Gasteiger partial charge on any atom is -0.305 e. The van der Waals surface area contributed by atoms with Gasteiger partial charge in [0.2, 0.25) is 5.82 Å². The number of nitrogens with zero attached hydrogens (tertiary/aromatic N) is 6. The molecule has 6 aromatic rings. The molecule has 0 bridgehead atoms. The maximum absolute atomic E-state index is 5.27. The van der Waals surface area contributed by atoms with Crippen LogP contribution in [0.15, 0.2) is 66.7 Å². The first-order chi connectivity index (χ1) is 20.5. The molecule has 1 aliphatic rings. The van der Waals surface area contributed by atoms with Crippen molar-refractivity contribution in [1.82, 2.24) is 35.2 Å². The van der Waals surface area contributed by atoms with Crippen LogP contribution in [0.1, 0.15) is 64.3 Å². The second-order valence-corrected chi connectivity index (χ2v) is 11.5. The zero-order valence-corrected chi connectivity index (χ0v) is 24.6. The molecule has 0 amide bonds. The van der Waals surface area contributed by atoms with Crippen LogP contribution in [0, 0.1) is 20.8 Å². The van der Waals surface area contributed by atoms with Crippen molar-refractivity contribution in [1.29, 1.82) is 0 Å². The van der Waals surface area contributed by atoms with E-state index in [-0.39, 0.29) is 6.04 Å². The van der Waals surface area contributed by atoms with Gasteiger partial charge in [-0.25, -0.2) is 9.97 Å². The van der Waals surface area contributed by atoms with E-state index >= 15 is 0 Å². The minimum absolute atomic E-state index is 0.225. The number of benzene rings is 3. The molecule has 0 unspecified atom stereocenters. The summed E-state index contributed by atoms with van der Waals surface area (Å²) in [5.41, 5.74) is 14.4. The summed E-state index contributed by atoms with van der Waals surface area (Å²) in [6, 6.07) is 24.3. The Labute approximate surface area is 246 Å². The van der Waals surface area contributed by atoms with Gasteiger partial charge in [0, 0.05) is 17.7 Å². The van der Waals surface area contributed by atoms with Crippen LogP contribution in [0.4, 0.5) is 0 Å². The summed E-state index contributed by atoms with van der Waals surface area (Å²) in [6.07, 6.45) is 4.83. The summed E-state index contributed by atoms with van der Waals surface area (Å²) in [6.45, 7) is 8.74. The molecule has 7 nitrogen and oxygen atoms in total. The quantitative estimate of drug-likeness (QED) is 0.228. The number of aryl methyl sites for hydroxylation is 7. The summed E-state index contributed by atoms with van der Waals surface area (Å²) < 4.78 is 2.43. The van der Waals surface area contributed by atoms with Gasteiger partial charge in [-0.15, -0.1) is 10.2 Å². The number of hydrogen-bond acceptors (Lipinski definition) is 5. The molecule has 7 rings (SSSR count). The molecule has 210 valence electrons. The lowest BCUT2D eigenvalue weighted by atomic mass is 9.96. The average Bonchev–Trinajstić information content (AvgIpc) is 3.76. The Morgan fingerprint density at radius 3 is 2.55 bits per heavy atom. The number of nitrogens with one attached hydrogen (secondary N) is 1. The topological polar surface area (TPSA) is 85.2 Å². The number of imidazole rings is 1. The standard InChI is InChI=1S/C35H35N7/c1-5-32-37-33-23(4)19-27(15-12-24-18-21(2)10-11-22(24)3)36-35(33)42(32)31-17-14-26-20-25(13-16-29(26)31)28-8-6-7-9-30(28)34-38-40-41-39-34/h6-11,13,16,18-20,31H,5,12,14-15,17H2,1-4H3,(H,38,39,40,41)/t31-/m0/s1. The SMILES string of the molecule is CCc1nc2c(C)cc(CCc3cc(C)ccc3C)nc2n1[C@H]1CCc2cc(-c3ccccc3-c3nn[nH]n3)ccc21. The van der Waals surface area contributed by atoms with Crippen molar-refractivity contribution < 1.29 is 0 Å². The Morgan fingerprint density at radius 2 is 1.74 bits per heavy atom. The van der Waals surface area contributed by atoms with Crippen molar-refractivity contribution in [3.8, 4) is 22.5 Å². The number of aromatic amines is 1. The van der Waals surface area contributed by atoms with E-state index < -0.39 is 0 Å². The van der Waals surface area contributed by atoms with Crippen molar-refractivity contribution in [3.05, 3.63) is 112 Å². The van der Waals surface area contributed by atoms with Crippen molar-refractivity contribution in [3.63, 3.8) is 0 Å². The summed E-state index contributed by atoms with van der Waals surface area (Å²) in [5, 5.41) is 14.8. The monoisotopic (exact) mass is 553 g/mol. The van der Waals surface area contributed by atoms with Gasteiger partial charge in [-0.3, -0.25) is 0 Å². The molecule has 0 saturated carbocycles. The lowest BCUT2D eigenvalue weighted by molar-refractivity contribution is 0.566. The zero-order chi connectivity index (χ0) is 28.8. The van der Waals surface area contributed by atoms with Crippen LogP contribution in [0.3, 0.4) is 0 Å². The molecule has 0 radical (unpaired) electrons. The van der Waals surface area contributed by atoms with Crippen molar-refractivity contribution in [2.75, 3.05) is 0 Å². The van der Waals surface area contributed by atoms with Crippen LogP contribution in [-0.4, -0.2) is 35.2 Å². The van der Waals surface area contributed by atoms with Crippen LogP contribution >= 0.6 is 0 Å². The highest BCUT2D eigenvalue weighted by Crippen LogP contribution is 2.40. The lowest BCUT2D eigenvalue weighted by Gasteiger charge is -2.18. The molecular weight excluding hydrogens is 518 g/mol. The van der Waals surface area contributed by atoms with Gasteiger partial charge >= 0.3 is 0 Å². The number of pyridine rings is 1. The smallest absolute Gasteiger partial charge is 0.205 e. The zero-order valence-electron chi connectivity index (χ0n) is 24.6. The van der Waals surface area contributed by atoms with E-state index in [0.29, 0.717) is 5.82 Å². The van der Waals surface area contributed by atoms with E-state index in [1.165, 1.54) is 38.9 Å². The number of hydrogen-bond donors (Lipinski definition) is 1.